The maximum atomic E-state index is 12.8. The monoisotopic (exact) mass is 621 g/mol. The van der Waals surface area contributed by atoms with Gasteiger partial charge in [-0.05, 0) is 66.9 Å². The standard InChI is InChI=1S/C24H24ClF3N4O2.C5H4ClNO/c25-19-3-6-23(29-13-19)34-16-22(33)30-20-8-10-31(11-9-20)14-17-7-12-32(15-17)21-4-1-18(2-5-21)24(26,27)28;6-5-2-1-4(8)3-7-5/h1-7,12-13,15,20H,8-11,14,16H2,(H,30,33);1-3,8H. The van der Waals surface area contributed by atoms with Crippen LogP contribution in [0, 0.1) is 0 Å². The number of nitrogens with zero attached hydrogens (tertiary/aromatic N) is 4. The summed E-state index contributed by atoms with van der Waals surface area (Å²) < 4.78 is 45.5. The lowest BCUT2D eigenvalue weighted by Gasteiger charge is -2.32. The van der Waals surface area contributed by atoms with Crippen LogP contribution < -0.4 is 10.1 Å². The molecule has 0 spiro atoms. The summed E-state index contributed by atoms with van der Waals surface area (Å²) >= 11 is 11.2. The van der Waals surface area contributed by atoms with Crippen molar-refractivity contribution in [2.24, 2.45) is 0 Å². The first kappa shape index (κ1) is 31.1. The molecule has 3 aromatic heterocycles. The van der Waals surface area contributed by atoms with E-state index in [0.29, 0.717) is 21.7 Å². The number of halogens is 5. The van der Waals surface area contributed by atoms with Gasteiger partial charge in [-0.1, -0.05) is 23.2 Å². The maximum Gasteiger partial charge on any atom is 0.416 e. The van der Waals surface area contributed by atoms with Crippen LogP contribution in [0.3, 0.4) is 0 Å². The van der Waals surface area contributed by atoms with Crippen molar-refractivity contribution in [3.63, 3.8) is 0 Å². The van der Waals surface area contributed by atoms with Gasteiger partial charge in [0.25, 0.3) is 5.91 Å². The van der Waals surface area contributed by atoms with Gasteiger partial charge in [-0.3, -0.25) is 9.69 Å². The average Bonchev–Trinajstić information content (AvgIpc) is 3.44. The van der Waals surface area contributed by atoms with E-state index in [-0.39, 0.29) is 24.3 Å². The molecule has 0 radical (unpaired) electrons. The van der Waals surface area contributed by atoms with E-state index in [0.717, 1.165) is 50.2 Å². The topological polar surface area (TPSA) is 92.5 Å². The van der Waals surface area contributed by atoms with Crippen molar-refractivity contribution in [2.75, 3.05) is 19.7 Å². The molecule has 1 aliphatic heterocycles. The van der Waals surface area contributed by atoms with Crippen LogP contribution in [0.5, 0.6) is 11.6 Å². The van der Waals surface area contributed by atoms with Crippen molar-refractivity contribution in [3.05, 3.63) is 101 Å². The molecule has 4 heterocycles. The molecule has 5 rings (SSSR count). The molecule has 1 amide bonds. The normalized spacial score (nSPS) is 14.1. The summed E-state index contributed by atoms with van der Waals surface area (Å²) in [7, 11) is 0. The zero-order valence-electron chi connectivity index (χ0n) is 22.3. The van der Waals surface area contributed by atoms with E-state index < -0.39 is 11.7 Å². The molecular weight excluding hydrogens is 594 g/mol. The van der Waals surface area contributed by atoms with Crippen LogP contribution in [-0.2, 0) is 17.5 Å². The number of amides is 1. The number of rotatable bonds is 7. The molecule has 222 valence electrons. The summed E-state index contributed by atoms with van der Waals surface area (Å²) in [5, 5.41) is 12.5. The Hall–Kier alpha value is -3.80. The highest BCUT2D eigenvalue weighted by molar-refractivity contribution is 6.30. The summed E-state index contributed by atoms with van der Waals surface area (Å²) in [6, 6.07) is 13.4. The van der Waals surface area contributed by atoms with Gasteiger partial charge in [0.1, 0.15) is 10.9 Å². The smallest absolute Gasteiger partial charge is 0.416 e. The zero-order chi connectivity index (χ0) is 30.1. The minimum absolute atomic E-state index is 0.0854. The van der Waals surface area contributed by atoms with Crippen molar-refractivity contribution in [1.29, 1.82) is 0 Å². The number of aromatic hydroxyl groups is 1. The van der Waals surface area contributed by atoms with E-state index in [1.54, 1.807) is 12.1 Å². The Labute approximate surface area is 250 Å². The van der Waals surface area contributed by atoms with Crippen LogP contribution >= 0.6 is 23.2 Å². The number of pyridine rings is 2. The predicted octanol–water partition coefficient (Wildman–Crippen LogP) is 6.14. The Morgan fingerprint density at radius 2 is 1.74 bits per heavy atom. The number of hydrogen-bond donors (Lipinski definition) is 2. The summed E-state index contributed by atoms with van der Waals surface area (Å²) in [5.74, 6) is 0.288. The summed E-state index contributed by atoms with van der Waals surface area (Å²) in [5.41, 5.74) is 1.09. The molecular formula is C29H28Cl2F3N5O3. The van der Waals surface area contributed by atoms with Gasteiger partial charge >= 0.3 is 6.18 Å². The summed E-state index contributed by atoms with van der Waals surface area (Å²) in [6.45, 7) is 2.29. The highest BCUT2D eigenvalue weighted by Gasteiger charge is 2.30. The fourth-order valence-electron chi connectivity index (χ4n) is 4.24. The van der Waals surface area contributed by atoms with Gasteiger partial charge in [-0.2, -0.15) is 13.2 Å². The molecule has 0 saturated carbocycles. The Bertz CT molecular complexity index is 1400. The molecule has 8 nitrogen and oxygen atoms in total. The number of nitrogens with one attached hydrogen (secondary N) is 1. The molecule has 1 aliphatic rings. The second kappa shape index (κ2) is 14.4. The van der Waals surface area contributed by atoms with Gasteiger partial charge in [0.05, 0.1) is 16.8 Å². The fourth-order valence-corrected chi connectivity index (χ4v) is 4.46. The van der Waals surface area contributed by atoms with E-state index in [1.165, 1.54) is 36.7 Å². The molecule has 2 N–H and O–H groups in total. The quantitative estimate of drug-likeness (QED) is 0.241. The first-order valence-corrected chi connectivity index (χ1v) is 13.7. The van der Waals surface area contributed by atoms with Crippen LogP contribution in [0.4, 0.5) is 13.2 Å². The minimum atomic E-state index is -4.34. The molecule has 1 aromatic carbocycles. The molecule has 0 atom stereocenters. The van der Waals surface area contributed by atoms with Crippen LogP contribution in [0.2, 0.25) is 10.2 Å². The highest BCUT2D eigenvalue weighted by atomic mass is 35.5. The maximum absolute atomic E-state index is 12.8. The third-order valence-electron chi connectivity index (χ3n) is 6.37. The van der Waals surface area contributed by atoms with Crippen LogP contribution in [0.25, 0.3) is 5.69 Å². The molecule has 42 heavy (non-hydrogen) atoms. The number of benzene rings is 1. The predicted molar refractivity (Wildman–Crippen MR) is 153 cm³/mol. The molecule has 4 aromatic rings. The Morgan fingerprint density at radius 3 is 2.33 bits per heavy atom. The number of aromatic nitrogens is 3. The molecule has 0 bridgehead atoms. The SMILES string of the molecule is O=C(COc1ccc(Cl)cn1)NC1CCN(Cc2ccn(-c3ccc(C(F)(F)F)cc3)c2)CC1.Oc1ccc(Cl)nc1. The van der Waals surface area contributed by atoms with Crippen LogP contribution in [0.15, 0.2) is 79.4 Å². The van der Waals surface area contributed by atoms with Gasteiger partial charge in [0.2, 0.25) is 5.88 Å². The lowest BCUT2D eigenvalue weighted by atomic mass is 10.0. The van der Waals surface area contributed by atoms with Crippen molar-refractivity contribution in [2.45, 2.75) is 31.6 Å². The van der Waals surface area contributed by atoms with Gasteiger partial charge in [-0.15, -0.1) is 0 Å². The Kier molecular flexibility index (Phi) is 10.7. The molecule has 1 fully saturated rings. The van der Waals surface area contributed by atoms with E-state index in [1.807, 2.05) is 23.0 Å². The second-order valence-electron chi connectivity index (χ2n) is 9.53. The number of carbonyl (C=O) groups is 1. The van der Waals surface area contributed by atoms with E-state index in [4.69, 9.17) is 33.0 Å². The number of likely N-dealkylation sites (tertiary alicyclic amines) is 1. The second-order valence-corrected chi connectivity index (χ2v) is 10.4. The van der Waals surface area contributed by atoms with Crippen molar-refractivity contribution >= 4 is 29.1 Å². The summed E-state index contributed by atoms with van der Waals surface area (Å²) in [6.07, 6.45) is 3.84. The van der Waals surface area contributed by atoms with Crippen molar-refractivity contribution < 1.29 is 27.8 Å². The number of carbonyl (C=O) groups excluding carboxylic acids is 1. The zero-order valence-corrected chi connectivity index (χ0v) is 23.8. The van der Waals surface area contributed by atoms with Gasteiger partial charge in [0, 0.05) is 56.0 Å². The van der Waals surface area contributed by atoms with Gasteiger partial charge < -0.3 is 19.7 Å². The Morgan fingerprint density at radius 1 is 1.00 bits per heavy atom. The van der Waals surface area contributed by atoms with E-state index >= 15 is 0 Å². The average molecular weight is 622 g/mol. The van der Waals surface area contributed by atoms with E-state index in [9.17, 15) is 18.0 Å². The number of piperidine rings is 1. The first-order valence-electron chi connectivity index (χ1n) is 13.0. The van der Waals surface area contributed by atoms with Crippen molar-refractivity contribution in [3.8, 4) is 17.3 Å². The van der Waals surface area contributed by atoms with Crippen molar-refractivity contribution in [1.82, 2.24) is 24.8 Å². The number of ether oxygens (including phenoxy) is 1. The number of alkyl halides is 3. The van der Waals surface area contributed by atoms with Crippen LogP contribution in [0.1, 0.15) is 24.0 Å². The third kappa shape index (κ3) is 9.64. The molecule has 0 aliphatic carbocycles. The first-order chi connectivity index (χ1) is 20.0. The van der Waals surface area contributed by atoms with E-state index in [2.05, 4.69) is 20.2 Å². The minimum Gasteiger partial charge on any atom is -0.506 e. The third-order valence-corrected chi connectivity index (χ3v) is 6.82. The molecule has 0 unspecified atom stereocenters. The lowest BCUT2D eigenvalue weighted by molar-refractivity contribution is -0.137. The fraction of sp³-hybridized carbons (Fsp3) is 0.276. The molecule has 1 saturated heterocycles. The largest absolute Gasteiger partial charge is 0.506 e. The highest BCUT2D eigenvalue weighted by Crippen LogP contribution is 2.29. The van der Waals surface area contributed by atoms with Gasteiger partial charge in [0.15, 0.2) is 6.61 Å². The van der Waals surface area contributed by atoms with Gasteiger partial charge in [-0.25, -0.2) is 9.97 Å². The molecule has 13 heteroatoms. The number of hydrogen-bond acceptors (Lipinski definition) is 6. The Balaban J connectivity index is 0.000000437. The summed E-state index contributed by atoms with van der Waals surface area (Å²) in [4.78, 5) is 22.1. The lowest BCUT2D eigenvalue weighted by Crippen LogP contribution is -2.45. The van der Waals surface area contributed by atoms with Crippen LogP contribution in [-0.4, -0.2) is 56.2 Å².